The predicted molar refractivity (Wildman–Crippen MR) is 89.9 cm³/mol. The molecule has 0 saturated carbocycles. The second-order valence-corrected chi connectivity index (χ2v) is 6.27. The maximum atomic E-state index is 12.6. The van der Waals surface area contributed by atoms with E-state index in [0.29, 0.717) is 12.2 Å². The van der Waals surface area contributed by atoms with Crippen molar-refractivity contribution in [2.45, 2.75) is 19.1 Å². The van der Waals surface area contributed by atoms with Crippen molar-refractivity contribution in [3.63, 3.8) is 0 Å². The van der Waals surface area contributed by atoms with Crippen LogP contribution in [0.25, 0.3) is 0 Å². The number of benzene rings is 2. The summed E-state index contributed by atoms with van der Waals surface area (Å²) >= 11 is 0. The Hall–Kier alpha value is -2.34. The third kappa shape index (κ3) is 4.60. The van der Waals surface area contributed by atoms with Crippen LogP contribution in [-0.2, 0) is 17.5 Å². The molecule has 6 heteroatoms. The standard InChI is InChI=1S/C19H19F3N2O/c20-19(21,22)16-6-8-17(9-7-16)23-18(25)15-10-11-24(13-15)12-14-4-2-1-3-5-14/h1-9,15H,10-13H2,(H,23,25). The van der Waals surface area contributed by atoms with Crippen molar-refractivity contribution in [2.24, 2.45) is 5.92 Å². The molecular weight excluding hydrogens is 329 g/mol. The van der Waals surface area contributed by atoms with Gasteiger partial charge in [0, 0.05) is 18.8 Å². The molecule has 0 radical (unpaired) electrons. The van der Waals surface area contributed by atoms with E-state index in [1.807, 2.05) is 18.2 Å². The molecule has 25 heavy (non-hydrogen) atoms. The summed E-state index contributed by atoms with van der Waals surface area (Å²) in [6.07, 6.45) is -3.62. The fourth-order valence-corrected chi connectivity index (χ4v) is 3.02. The smallest absolute Gasteiger partial charge is 0.326 e. The third-order valence-electron chi connectivity index (χ3n) is 4.37. The number of halogens is 3. The molecule has 1 fully saturated rings. The molecule has 0 bridgehead atoms. The van der Waals surface area contributed by atoms with Gasteiger partial charge in [0.1, 0.15) is 0 Å². The van der Waals surface area contributed by atoms with Crippen LogP contribution in [0.15, 0.2) is 54.6 Å². The van der Waals surface area contributed by atoms with Gasteiger partial charge in [-0.05, 0) is 42.8 Å². The van der Waals surface area contributed by atoms with Crippen LogP contribution in [0.4, 0.5) is 18.9 Å². The molecule has 0 spiro atoms. The maximum Gasteiger partial charge on any atom is 0.416 e. The van der Waals surface area contributed by atoms with Gasteiger partial charge in [-0.3, -0.25) is 9.69 Å². The van der Waals surface area contributed by atoms with E-state index in [-0.39, 0.29) is 11.8 Å². The van der Waals surface area contributed by atoms with Gasteiger partial charge in [-0.15, -0.1) is 0 Å². The first kappa shape index (κ1) is 17.5. The Labute approximate surface area is 144 Å². The van der Waals surface area contributed by atoms with Crippen LogP contribution in [0.3, 0.4) is 0 Å². The highest BCUT2D eigenvalue weighted by molar-refractivity contribution is 5.92. The minimum atomic E-state index is -4.37. The molecule has 1 N–H and O–H groups in total. The quantitative estimate of drug-likeness (QED) is 0.900. The molecule has 1 heterocycles. The first-order valence-electron chi connectivity index (χ1n) is 8.16. The summed E-state index contributed by atoms with van der Waals surface area (Å²) in [6.45, 7) is 2.28. The Morgan fingerprint density at radius 2 is 1.76 bits per heavy atom. The molecule has 1 atom stereocenters. The second kappa shape index (κ2) is 7.27. The Morgan fingerprint density at radius 3 is 2.40 bits per heavy atom. The summed E-state index contributed by atoms with van der Waals surface area (Å²) in [5.74, 6) is -0.290. The van der Waals surface area contributed by atoms with Crippen LogP contribution >= 0.6 is 0 Å². The highest BCUT2D eigenvalue weighted by Gasteiger charge is 2.31. The van der Waals surface area contributed by atoms with Crippen LogP contribution in [-0.4, -0.2) is 23.9 Å². The largest absolute Gasteiger partial charge is 0.416 e. The average Bonchev–Trinajstić information content (AvgIpc) is 3.04. The fraction of sp³-hybridized carbons (Fsp3) is 0.316. The van der Waals surface area contributed by atoms with E-state index in [2.05, 4.69) is 22.3 Å². The highest BCUT2D eigenvalue weighted by Crippen LogP contribution is 2.30. The lowest BCUT2D eigenvalue weighted by atomic mass is 10.1. The zero-order valence-corrected chi connectivity index (χ0v) is 13.6. The molecule has 1 unspecified atom stereocenters. The maximum absolute atomic E-state index is 12.6. The van der Waals surface area contributed by atoms with Crippen LogP contribution in [0, 0.1) is 5.92 Å². The molecule has 1 aliphatic rings. The number of rotatable bonds is 4. The third-order valence-corrected chi connectivity index (χ3v) is 4.37. The van der Waals surface area contributed by atoms with Gasteiger partial charge in [-0.1, -0.05) is 30.3 Å². The van der Waals surface area contributed by atoms with Gasteiger partial charge < -0.3 is 5.32 Å². The summed E-state index contributed by atoms with van der Waals surface area (Å²) in [4.78, 5) is 14.5. The summed E-state index contributed by atoms with van der Waals surface area (Å²) in [5.41, 5.74) is 0.867. The lowest BCUT2D eigenvalue weighted by Crippen LogP contribution is -2.27. The number of anilines is 1. The van der Waals surface area contributed by atoms with Crippen molar-refractivity contribution in [3.8, 4) is 0 Å². The van der Waals surface area contributed by atoms with E-state index in [1.165, 1.54) is 17.7 Å². The molecule has 132 valence electrons. The summed E-state index contributed by atoms with van der Waals surface area (Å²) in [6, 6.07) is 14.6. The summed E-state index contributed by atoms with van der Waals surface area (Å²) < 4.78 is 37.7. The van der Waals surface area contributed by atoms with Gasteiger partial charge in [0.2, 0.25) is 5.91 Å². The van der Waals surface area contributed by atoms with E-state index in [0.717, 1.165) is 31.6 Å². The van der Waals surface area contributed by atoms with Crippen molar-refractivity contribution in [1.82, 2.24) is 4.90 Å². The molecule has 0 aromatic heterocycles. The zero-order valence-electron chi connectivity index (χ0n) is 13.6. The lowest BCUT2D eigenvalue weighted by molar-refractivity contribution is -0.137. The predicted octanol–water partition coefficient (Wildman–Crippen LogP) is 4.17. The molecule has 3 rings (SSSR count). The molecule has 1 amide bonds. The molecular formula is C19H19F3N2O. The van der Waals surface area contributed by atoms with Gasteiger partial charge in [0.05, 0.1) is 11.5 Å². The number of nitrogens with zero attached hydrogens (tertiary/aromatic N) is 1. The number of hydrogen-bond acceptors (Lipinski definition) is 2. The Morgan fingerprint density at radius 1 is 1.08 bits per heavy atom. The number of hydrogen-bond donors (Lipinski definition) is 1. The monoisotopic (exact) mass is 348 g/mol. The van der Waals surface area contributed by atoms with E-state index < -0.39 is 11.7 Å². The van der Waals surface area contributed by atoms with Gasteiger partial charge in [-0.25, -0.2) is 0 Å². The molecule has 3 nitrogen and oxygen atoms in total. The van der Waals surface area contributed by atoms with Crippen LogP contribution in [0.2, 0.25) is 0 Å². The van der Waals surface area contributed by atoms with Gasteiger partial charge in [0.15, 0.2) is 0 Å². The number of amides is 1. The lowest BCUT2D eigenvalue weighted by Gasteiger charge is -2.16. The first-order chi connectivity index (χ1) is 11.9. The van der Waals surface area contributed by atoms with Crippen LogP contribution < -0.4 is 5.32 Å². The number of carbonyl (C=O) groups is 1. The second-order valence-electron chi connectivity index (χ2n) is 6.27. The van der Waals surface area contributed by atoms with E-state index in [1.54, 1.807) is 0 Å². The molecule has 1 aliphatic heterocycles. The molecule has 2 aromatic rings. The minimum absolute atomic E-state index is 0.143. The van der Waals surface area contributed by atoms with Crippen LogP contribution in [0.1, 0.15) is 17.5 Å². The van der Waals surface area contributed by atoms with Gasteiger partial charge >= 0.3 is 6.18 Å². The normalized spacial score (nSPS) is 18.3. The van der Waals surface area contributed by atoms with E-state index in [9.17, 15) is 18.0 Å². The van der Waals surface area contributed by atoms with Gasteiger partial charge in [-0.2, -0.15) is 13.2 Å². The Balaban J connectivity index is 1.54. The van der Waals surface area contributed by atoms with Crippen molar-refractivity contribution < 1.29 is 18.0 Å². The average molecular weight is 348 g/mol. The molecule has 0 aliphatic carbocycles. The van der Waals surface area contributed by atoms with Crippen molar-refractivity contribution in [1.29, 1.82) is 0 Å². The number of nitrogens with one attached hydrogen (secondary N) is 1. The van der Waals surface area contributed by atoms with Crippen molar-refractivity contribution in [2.75, 3.05) is 18.4 Å². The topological polar surface area (TPSA) is 32.3 Å². The molecule has 1 saturated heterocycles. The molecule has 2 aromatic carbocycles. The number of alkyl halides is 3. The Bertz CT molecular complexity index is 714. The van der Waals surface area contributed by atoms with E-state index in [4.69, 9.17) is 0 Å². The summed E-state index contributed by atoms with van der Waals surface area (Å²) in [5, 5.41) is 2.71. The fourth-order valence-electron chi connectivity index (χ4n) is 3.02. The Kier molecular flexibility index (Phi) is 5.08. The number of carbonyl (C=O) groups excluding carboxylic acids is 1. The first-order valence-corrected chi connectivity index (χ1v) is 8.16. The minimum Gasteiger partial charge on any atom is -0.326 e. The number of likely N-dealkylation sites (tertiary alicyclic amines) is 1. The summed E-state index contributed by atoms with van der Waals surface area (Å²) in [7, 11) is 0. The highest BCUT2D eigenvalue weighted by atomic mass is 19.4. The van der Waals surface area contributed by atoms with E-state index >= 15 is 0 Å². The SMILES string of the molecule is O=C(Nc1ccc(C(F)(F)F)cc1)C1CCN(Cc2ccccc2)C1. The zero-order chi connectivity index (χ0) is 17.9. The van der Waals surface area contributed by atoms with Crippen molar-refractivity contribution in [3.05, 3.63) is 65.7 Å². The van der Waals surface area contributed by atoms with Crippen LogP contribution in [0.5, 0.6) is 0 Å². The van der Waals surface area contributed by atoms with Gasteiger partial charge in [0.25, 0.3) is 0 Å². The van der Waals surface area contributed by atoms with Crippen molar-refractivity contribution >= 4 is 11.6 Å².